The fraction of sp³-hybridized carbons (Fsp3) is 0.784. The van der Waals surface area contributed by atoms with E-state index in [-0.39, 0.29) is 0 Å². The Hall–Kier alpha value is -1.04. The molecule has 37 heavy (non-hydrogen) atoms. The van der Waals surface area contributed by atoms with E-state index in [2.05, 4.69) is 68.2 Å². The van der Waals surface area contributed by atoms with E-state index in [0.29, 0.717) is 29.6 Å². The quantitative estimate of drug-likeness (QED) is 0.0648. The highest BCUT2D eigenvalue weighted by molar-refractivity contribution is 5.36. The third kappa shape index (κ3) is 16.5. The summed E-state index contributed by atoms with van der Waals surface area (Å²) in [7, 11) is 0. The van der Waals surface area contributed by atoms with Gasteiger partial charge in [-0.2, -0.15) is 0 Å². The van der Waals surface area contributed by atoms with Crippen LogP contribution in [-0.2, 0) is 0 Å². The molecule has 0 nitrogen and oxygen atoms in total. The third-order valence-electron chi connectivity index (χ3n) is 8.53. The molecule has 0 heteroatoms. The first-order chi connectivity index (χ1) is 17.6. The zero-order valence-electron chi connectivity index (χ0n) is 26.7. The second-order valence-corrected chi connectivity index (χ2v) is 12.9. The van der Waals surface area contributed by atoms with Gasteiger partial charge in [-0.15, -0.1) is 0 Å². The molecule has 0 radical (unpaired) electrons. The van der Waals surface area contributed by atoms with Crippen molar-refractivity contribution < 1.29 is 0 Å². The molecule has 0 amide bonds. The molecule has 216 valence electrons. The van der Waals surface area contributed by atoms with Gasteiger partial charge in [-0.1, -0.05) is 162 Å². The summed E-state index contributed by atoms with van der Waals surface area (Å²) < 4.78 is 0. The first-order valence-electron chi connectivity index (χ1n) is 16.2. The lowest BCUT2D eigenvalue weighted by molar-refractivity contribution is 0.310. The minimum absolute atomic E-state index is 0.341. The summed E-state index contributed by atoms with van der Waals surface area (Å²) in [5.41, 5.74) is 5.09. The van der Waals surface area contributed by atoms with E-state index < -0.39 is 0 Å². The number of allylic oxidation sites excluding steroid dienone is 4. The summed E-state index contributed by atoms with van der Waals surface area (Å²) >= 11 is 0. The van der Waals surface area contributed by atoms with Crippen molar-refractivity contribution in [1.29, 1.82) is 0 Å². The van der Waals surface area contributed by atoms with Crippen LogP contribution in [0.2, 0.25) is 0 Å². The fourth-order valence-corrected chi connectivity index (χ4v) is 6.06. The molecule has 0 heterocycles. The van der Waals surface area contributed by atoms with Gasteiger partial charge in [-0.25, -0.2) is 0 Å². The van der Waals surface area contributed by atoms with Gasteiger partial charge in [0, 0.05) is 5.92 Å². The molecule has 4 atom stereocenters. The Morgan fingerprint density at radius 2 is 0.973 bits per heavy atom. The molecule has 0 aliphatic rings. The van der Waals surface area contributed by atoms with Crippen LogP contribution in [0.4, 0.5) is 0 Å². The van der Waals surface area contributed by atoms with Crippen LogP contribution in [0.5, 0.6) is 0 Å². The number of unbranched alkanes of at least 4 members (excludes halogenated alkanes) is 11. The topological polar surface area (TPSA) is 0 Å². The van der Waals surface area contributed by atoms with Gasteiger partial charge in [0.25, 0.3) is 0 Å². The predicted molar refractivity (Wildman–Crippen MR) is 172 cm³/mol. The molecule has 0 N–H and O–H groups in total. The van der Waals surface area contributed by atoms with E-state index in [1.54, 1.807) is 0 Å². The van der Waals surface area contributed by atoms with Gasteiger partial charge < -0.3 is 0 Å². The molecule has 0 aromatic carbocycles. The van der Waals surface area contributed by atoms with E-state index >= 15 is 0 Å². The lowest BCUT2D eigenvalue weighted by atomic mass is 9.70. The first kappa shape index (κ1) is 36.0. The van der Waals surface area contributed by atoms with Crippen LogP contribution in [0.25, 0.3) is 0 Å². The molecule has 0 fully saturated rings. The maximum atomic E-state index is 4.74. The maximum Gasteiger partial charge on any atom is 0.00419 e. The van der Waals surface area contributed by atoms with Crippen molar-refractivity contribution in [1.82, 2.24) is 0 Å². The summed E-state index contributed by atoms with van der Waals surface area (Å²) in [6.07, 6.45) is 22.8. The Morgan fingerprint density at radius 3 is 1.43 bits per heavy atom. The summed E-state index contributed by atoms with van der Waals surface area (Å²) in [6.45, 7) is 34.3. The van der Waals surface area contributed by atoms with E-state index in [1.807, 2.05) is 0 Å². The predicted octanol–water partition coefficient (Wildman–Crippen LogP) is 13.1. The highest BCUT2D eigenvalue weighted by Gasteiger charge is 2.30. The molecule has 0 aliphatic heterocycles. The van der Waals surface area contributed by atoms with Crippen molar-refractivity contribution in [3.05, 3.63) is 48.6 Å². The largest absolute Gasteiger partial charge is 0.0998 e. The molecule has 0 aromatic rings. The van der Waals surface area contributed by atoms with Crippen molar-refractivity contribution in [3.63, 3.8) is 0 Å². The molecule has 0 spiro atoms. The maximum absolute atomic E-state index is 4.74. The molecule has 0 aliphatic carbocycles. The fourth-order valence-electron chi connectivity index (χ4n) is 6.06. The van der Waals surface area contributed by atoms with Crippen molar-refractivity contribution in [3.8, 4) is 0 Å². The Morgan fingerprint density at radius 1 is 0.514 bits per heavy atom. The summed E-state index contributed by atoms with van der Waals surface area (Å²) in [5.74, 6) is 2.64. The smallest absolute Gasteiger partial charge is 0.00419 e. The molecule has 0 saturated heterocycles. The highest BCUT2D eigenvalue weighted by Crippen LogP contribution is 2.42. The third-order valence-corrected chi connectivity index (χ3v) is 8.53. The molecular formula is C37H68. The lowest BCUT2D eigenvalue weighted by Crippen LogP contribution is -2.24. The molecule has 0 saturated carbocycles. The monoisotopic (exact) mass is 513 g/mol. The van der Waals surface area contributed by atoms with Crippen molar-refractivity contribution >= 4 is 0 Å². The molecular weight excluding hydrogens is 444 g/mol. The molecule has 0 bridgehead atoms. The Kier molecular flexibility index (Phi) is 21.2. The van der Waals surface area contributed by atoms with Crippen LogP contribution in [0.15, 0.2) is 48.6 Å². The lowest BCUT2D eigenvalue weighted by Gasteiger charge is -2.35. The Bertz CT molecular complexity index is 632. The number of rotatable bonds is 25. The van der Waals surface area contributed by atoms with E-state index in [1.165, 1.54) is 125 Å². The van der Waals surface area contributed by atoms with Gasteiger partial charge in [-0.3, -0.25) is 0 Å². The first-order valence-corrected chi connectivity index (χ1v) is 16.2. The number of hydrogen-bond acceptors (Lipinski definition) is 0. The standard InChI is InChI=1S/C37H68/c1-12-14-16-18-19-20-21-22-23-25-32(9)28-37(35(30(5)6)26-24-17-15-13-2)34(11)33(10)36(31(7)8)27-29(3)4/h29,32,35-37H,5,7,10-28H2,1-4,6,8-9H3. The van der Waals surface area contributed by atoms with Crippen LogP contribution in [0.3, 0.4) is 0 Å². The summed E-state index contributed by atoms with van der Waals surface area (Å²) in [4.78, 5) is 0. The van der Waals surface area contributed by atoms with Crippen LogP contribution < -0.4 is 0 Å². The zero-order chi connectivity index (χ0) is 28.2. The SMILES string of the molecule is C=C(C)C(CC(C)C)C(=C)C(=C)C(CC(C)CCCCCCCCCCC)C(CCCCCC)C(=C)C. The zero-order valence-corrected chi connectivity index (χ0v) is 26.7. The van der Waals surface area contributed by atoms with E-state index in [4.69, 9.17) is 6.58 Å². The van der Waals surface area contributed by atoms with Gasteiger partial charge in [0.2, 0.25) is 0 Å². The molecule has 0 aromatic heterocycles. The minimum atomic E-state index is 0.341. The van der Waals surface area contributed by atoms with Crippen molar-refractivity contribution in [2.75, 3.05) is 0 Å². The van der Waals surface area contributed by atoms with Crippen LogP contribution in [0, 0.1) is 29.6 Å². The van der Waals surface area contributed by atoms with E-state index in [9.17, 15) is 0 Å². The second kappa shape index (κ2) is 21.8. The molecule has 4 unspecified atom stereocenters. The van der Waals surface area contributed by atoms with Gasteiger partial charge in [-0.05, 0) is 67.9 Å². The summed E-state index contributed by atoms with van der Waals surface area (Å²) in [6, 6.07) is 0. The number of hydrogen-bond donors (Lipinski definition) is 0. The molecule has 0 rings (SSSR count). The minimum Gasteiger partial charge on any atom is -0.0998 e. The average Bonchev–Trinajstić information content (AvgIpc) is 2.84. The summed E-state index contributed by atoms with van der Waals surface area (Å²) in [5, 5.41) is 0. The Balaban J connectivity index is 5.26. The average molecular weight is 513 g/mol. The van der Waals surface area contributed by atoms with Gasteiger partial charge >= 0.3 is 0 Å². The Labute approximate surface area is 235 Å². The van der Waals surface area contributed by atoms with E-state index in [0.717, 1.165) is 6.42 Å². The highest BCUT2D eigenvalue weighted by atomic mass is 14.3. The van der Waals surface area contributed by atoms with Gasteiger partial charge in [0.15, 0.2) is 0 Å². The van der Waals surface area contributed by atoms with Gasteiger partial charge in [0.1, 0.15) is 0 Å². The van der Waals surface area contributed by atoms with Crippen molar-refractivity contribution in [2.24, 2.45) is 29.6 Å². The van der Waals surface area contributed by atoms with Crippen LogP contribution in [-0.4, -0.2) is 0 Å². The van der Waals surface area contributed by atoms with Crippen molar-refractivity contribution in [2.45, 2.75) is 158 Å². The van der Waals surface area contributed by atoms with Crippen LogP contribution >= 0.6 is 0 Å². The second-order valence-electron chi connectivity index (χ2n) is 12.9. The van der Waals surface area contributed by atoms with Gasteiger partial charge in [0.05, 0.1) is 0 Å². The van der Waals surface area contributed by atoms with Crippen LogP contribution in [0.1, 0.15) is 158 Å². The normalized spacial score (nSPS) is 14.8.